The largest absolute Gasteiger partial charge is 0.456 e. The van der Waals surface area contributed by atoms with Gasteiger partial charge in [0, 0.05) is 27.5 Å². The lowest BCUT2D eigenvalue weighted by atomic mass is 9.72. The van der Waals surface area contributed by atoms with Crippen molar-refractivity contribution in [2.75, 3.05) is 0 Å². The molecule has 0 amide bonds. The highest BCUT2D eigenvalue weighted by Crippen LogP contribution is 2.60. The summed E-state index contributed by atoms with van der Waals surface area (Å²) in [5.41, 5.74) is 15.5. The van der Waals surface area contributed by atoms with Gasteiger partial charge in [-0.2, -0.15) is 0 Å². The minimum absolute atomic E-state index is 0.581. The molecule has 0 saturated heterocycles. The Morgan fingerprint density at radius 2 is 1.00 bits per heavy atom. The van der Waals surface area contributed by atoms with Gasteiger partial charge in [-0.15, -0.1) is 0 Å². The topological polar surface area (TPSA) is 69.6 Å². The Morgan fingerprint density at radius 3 is 1.73 bits per heavy atom. The molecule has 0 radical (unpaired) electrons. The van der Waals surface area contributed by atoms with Crippen LogP contribution in [0.2, 0.25) is 0 Å². The molecule has 1 aliphatic carbocycles. The third kappa shape index (κ3) is 4.45. The number of hydrogen-bond donors (Lipinski definition) is 0. The highest BCUT2D eigenvalue weighted by atomic mass is 16.3. The van der Waals surface area contributed by atoms with Crippen LogP contribution in [0.1, 0.15) is 22.5 Å². The van der Waals surface area contributed by atoms with E-state index >= 15 is 0 Å². The fourth-order valence-corrected chi connectivity index (χ4v) is 9.74. The van der Waals surface area contributed by atoms with E-state index in [1.807, 2.05) is 72.8 Å². The number of para-hydroxylation sites is 2. The van der Waals surface area contributed by atoms with Crippen molar-refractivity contribution >= 4 is 33.0 Å². The molecule has 0 saturated carbocycles. The Hall–Kier alpha value is -7.96. The number of rotatable bonds is 4. The van der Waals surface area contributed by atoms with E-state index in [4.69, 9.17) is 24.4 Å². The van der Waals surface area contributed by atoms with Crippen LogP contribution in [0.5, 0.6) is 0 Å². The van der Waals surface area contributed by atoms with E-state index in [1.165, 1.54) is 27.8 Å². The van der Waals surface area contributed by atoms with Gasteiger partial charge in [-0.25, -0.2) is 19.9 Å². The van der Waals surface area contributed by atoms with Gasteiger partial charge in [-0.1, -0.05) is 146 Å². The summed E-state index contributed by atoms with van der Waals surface area (Å²) < 4.78 is 8.94. The molecule has 13 rings (SSSR count). The molecular formula is C53H31N5O. The van der Waals surface area contributed by atoms with E-state index in [0.29, 0.717) is 17.5 Å². The second-order valence-electron chi connectivity index (χ2n) is 15.4. The number of furan rings is 1. The van der Waals surface area contributed by atoms with Crippen LogP contribution >= 0.6 is 0 Å². The maximum absolute atomic E-state index is 6.55. The Morgan fingerprint density at radius 1 is 0.407 bits per heavy atom. The van der Waals surface area contributed by atoms with Crippen LogP contribution in [0, 0.1) is 0 Å². The predicted octanol–water partition coefficient (Wildman–Crippen LogP) is 12.5. The lowest BCUT2D eigenvalue weighted by Gasteiger charge is -2.27. The van der Waals surface area contributed by atoms with Crippen LogP contribution in [0.25, 0.3) is 95.1 Å². The average Bonchev–Trinajstić information content (AvgIpc) is 4.04. The van der Waals surface area contributed by atoms with Crippen LogP contribution in [0.4, 0.5) is 0 Å². The number of fused-ring (bicyclic) bond motifs is 15. The Balaban J connectivity index is 1.03. The number of aromatic nitrogens is 5. The molecule has 3 aromatic heterocycles. The Labute approximate surface area is 338 Å². The van der Waals surface area contributed by atoms with Crippen molar-refractivity contribution in [3.63, 3.8) is 0 Å². The first-order chi connectivity index (χ1) is 29.2. The molecule has 6 nitrogen and oxygen atoms in total. The summed E-state index contributed by atoms with van der Waals surface area (Å²) in [5, 5.41) is 1.97. The minimum atomic E-state index is -0.581. The minimum Gasteiger partial charge on any atom is -0.456 e. The molecule has 4 heterocycles. The average molecular weight is 754 g/mol. The fraction of sp³-hybridized carbons (Fsp3) is 0.0189. The van der Waals surface area contributed by atoms with E-state index < -0.39 is 5.41 Å². The van der Waals surface area contributed by atoms with Gasteiger partial charge in [0.25, 0.3) is 0 Å². The van der Waals surface area contributed by atoms with Crippen LogP contribution in [0.15, 0.2) is 192 Å². The van der Waals surface area contributed by atoms with Gasteiger partial charge in [-0.05, 0) is 81.4 Å². The summed E-state index contributed by atoms with van der Waals surface area (Å²) in [7, 11) is 0. The molecule has 0 N–H and O–H groups in total. The lowest BCUT2D eigenvalue weighted by molar-refractivity contribution is 0.669. The first-order valence-corrected chi connectivity index (χ1v) is 19.9. The van der Waals surface area contributed by atoms with E-state index in [-0.39, 0.29) is 0 Å². The van der Waals surface area contributed by atoms with Crippen molar-refractivity contribution in [2.45, 2.75) is 5.41 Å². The molecule has 8 aromatic carbocycles. The predicted molar refractivity (Wildman–Crippen MR) is 234 cm³/mol. The van der Waals surface area contributed by atoms with Gasteiger partial charge in [0.1, 0.15) is 22.4 Å². The van der Waals surface area contributed by atoms with Gasteiger partial charge < -0.3 is 4.42 Å². The van der Waals surface area contributed by atoms with Crippen molar-refractivity contribution < 1.29 is 4.42 Å². The van der Waals surface area contributed by atoms with Crippen LogP contribution in [0.3, 0.4) is 0 Å². The molecule has 1 spiro atoms. The smallest absolute Gasteiger partial charge is 0.164 e. The summed E-state index contributed by atoms with van der Waals surface area (Å²) in [4.78, 5) is 20.6. The number of imidazole rings is 1. The zero-order valence-corrected chi connectivity index (χ0v) is 31.5. The number of hydrogen-bond acceptors (Lipinski definition) is 5. The highest BCUT2D eigenvalue weighted by molar-refractivity contribution is 6.13. The lowest BCUT2D eigenvalue weighted by Crippen LogP contribution is -2.27. The van der Waals surface area contributed by atoms with E-state index in [2.05, 4.69) is 120 Å². The summed E-state index contributed by atoms with van der Waals surface area (Å²) in [5.74, 6) is 2.87. The highest BCUT2D eigenvalue weighted by Gasteiger charge is 2.54. The molecule has 0 atom stereocenters. The van der Waals surface area contributed by atoms with Crippen molar-refractivity contribution in [2.24, 2.45) is 0 Å². The normalized spacial score (nSPS) is 13.2. The molecular weight excluding hydrogens is 723 g/mol. The zero-order chi connectivity index (χ0) is 38.7. The number of nitrogens with zero attached hydrogens (tertiary/aromatic N) is 5. The molecule has 0 fully saturated rings. The van der Waals surface area contributed by atoms with Crippen LogP contribution in [-0.4, -0.2) is 24.5 Å². The van der Waals surface area contributed by atoms with E-state index in [0.717, 1.165) is 72.3 Å². The SMILES string of the molecule is c1ccc(-c2nc(-c3ccccc3)nc(-c3cccc4oc5ccc(-c6ccc7c(c6)C6(c8ccccc8-c8ccccc86)c6nc8ccccc8n6-7)cc5c34)n2)cc1. The molecule has 1 aliphatic heterocycles. The second kappa shape index (κ2) is 12.0. The zero-order valence-electron chi connectivity index (χ0n) is 31.5. The van der Waals surface area contributed by atoms with Gasteiger partial charge in [-0.3, -0.25) is 4.57 Å². The van der Waals surface area contributed by atoms with E-state index in [9.17, 15) is 0 Å². The molecule has 11 aromatic rings. The van der Waals surface area contributed by atoms with Crippen molar-refractivity contribution in [3.8, 4) is 62.1 Å². The monoisotopic (exact) mass is 753 g/mol. The molecule has 274 valence electrons. The summed E-state index contributed by atoms with van der Waals surface area (Å²) >= 11 is 0. The standard InChI is InChI=1S/C53H31N5O/c1-3-14-32(15-4-1)49-55-50(33-16-5-2-6-17-33)57-51(56-49)38-20-13-25-47-48(38)39-30-34(27-29-46(39)59-47)35-26-28-44-42(31-35)53(52-54-43-23-11-12-24-45(43)58(44)52)40-21-9-7-18-36(40)37-19-8-10-22-41(37)53/h1-31H. The van der Waals surface area contributed by atoms with Crippen molar-refractivity contribution in [3.05, 3.63) is 211 Å². The molecule has 0 bridgehead atoms. The summed E-state index contributed by atoms with van der Waals surface area (Å²) in [6, 6.07) is 65.9. The van der Waals surface area contributed by atoms with Crippen LogP contribution < -0.4 is 0 Å². The molecule has 2 aliphatic rings. The second-order valence-corrected chi connectivity index (χ2v) is 15.4. The quantitative estimate of drug-likeness (QED) is 0.179. The first kappa shape index (κ1) is 32.2. The number of benzene rings is 8. The van der Waals surface area contributed by atoms with Gasteiger partial charge in [0.05, 0.1) is 16.7 Å². The third-order valence-corrected chi connectivity index (χ3v) is 12.3. The third-order valence-electron chi connectivity index (χ3n) is 12.3. The summed E-state index contributed by atoms with van der Waals surface area (Å²) in [6.45, 7) is 0. The van der Waals surface area contributed by atoms with Gasteiger partial charge >= 0.3 is 0 Å². The molecule has 59 heavy (non-hydrogen) atoms. The van der Waals surface area contributed by atoms with Crippen molar-refractivity contribution in [1.29, 1.82) is 0 Å². The fourth-order valence-electron chi connectivity index (χ4n) is 9.74. The molecule has 6 heteroatoms. The maximum Gasteiger partial charge on any atom is 0.164 e. The Kier molecular flexibility index (Phi) is 6.55. The van der Waals surface area contributed by atoms with E-state index in [1.54, 1.807) is 0 Å². The molecule has 0 unspecified atom stereocenters. The Bertz CT molecular complexity index is 3410. The van der Waals surface area contributed by atoms with Crippen molar-refractivity contribution in [1.82, 2.24) is 24.5 Å². The first-order valence-electron chi connectivity index (χ1n) is 19.9. The van der Waals surface area contributed by atoms with Gasteiger partial charge in [0.15, 0.2) is 17.5 Å². The summed E-state index contributed by atoms with van der Waals surface area (Å²) in [6.07, 6.45) is 0. The van der Waals surface area contributed by atoms with Crippen LogP contribution in [-0.2, 0) is 5.41 Å². The van der Waals surface area contributed by atoms with Gasteiger partial charge in [0.2, 0.25) is 0 Å². The maximum atomic E-state index is 6.55.